The van der Waals surface area contributed by atoms with E-state index in [1.165, 1.54) is 0 Å². The first-order chi connectivity index (χ1) is 19.8. The summed E-state index contributed by atoms with van der Waals surface area (Å²) in [5, 5.41) is 17.9. The number of nitrogens with one attached hydrogen (secondary N) is 3. The molecule has 1 aliphatic heterocycles. The average molecular weight is 589 g/mol. The number of likely N-dealkylation sites (tertiary alicyclic amines) is 1. The highest BCUT2D eigenvalue weighted by atomic mass is 16.4. The number of hydrogen-bond donors (Lipinski definition) is 6. The topological polar surface area (TPSA) is 197 Å². The van der Waals surface area contributed by atoms with Crippen LogP contribution in [0.1, 0.15) is 65.4 Å². The van der Waals surface area contributed by atoms with Gasteiger partial charge in [-0.3, -0.25) is 24.1 Å². The number of carboxylic acid groups (broad SMARTS) is 1. The zero-order chi connectivity index (χ0) is 31.4. The molecule has 0 aromatic heterocycles. The molecule has 1 aromatic rings. The molecule has 1 heterocycles. The van der Waals surface area contributed by atoms with Gasteiger partial charge in [0.15, 0.2) is 0 Å². The standard InChI is InChI=1S/C30H48N6O6/c1-5-19(4)26(30(41)42)35-29(40)24-12-9-13-36(24)17-21(15-20-10-7-6-8-11-20)33-28(39)23(16-25(32)37)34-27(38)22(31)14-18(2)3/h6-8,10-11,18-19,21-24,26H,5,9,12-17,31H2,1-4H3,(H2,32,37)(H,33,39)(H,34,38)(H,35,40)(H,41,42). The van der Waals surface area contributed by atoms with Crippen LogP contribution in [-0.2, 0) is 30.4 Å². The first-order valence-corrected chi connectivity index (χ1v) is 14.8. The van der Waals surface area contributed by atoms with E-state index >= 15 is 0 Å². The van der Waals surface area contributed by atoms with Crippen molar-refractivity contribution in [3.63, 3.8) is 0 Å². The molecular weight excluding hydrogens is 540 g/mol. The van der Waals surface area contributed by atoms with Gasteiger partial charge < -0.3 is 32.5 Å². The third-order valence-corrected chi connectivity index (χ3v) is 7.67. The van der Waals surface area contributed by atoms with Crippen LogP contribution in [0.25, 0.3) is 0 Å². The van der Waals surface area contributed by atoms with Crippen LogP contribution in [0.3, 0.4) is 0 Å². The van der Waals surface area contributed by atoms with Crippen molar-refractivity contribution in [1.29, 1.82) is 0 Å². The van der Waals surface area contributed by atoms with E-state index < -0.39 is 60.3 Å². The van der Waals surface area contributed by atoms with Crippen LogP contribution in [-0.4, -0.2) is 82.9 Å². The Hall–Kier alpha value is -3.51. The first-order valence-electron chi connectivity index (χ1n) is 14.8. The Bertz CT molecular complexity index is 1070. The van der Waals surface area contributed by atoms with Gasteiger partial charge in [0, 0.05) is 12.6 Å². The van der Waals surface area contributed by atoms with Crippen molar-refractivity contribution < 1.29 is 29.1 Å². The van der Waals surface area contributed by atoms with Gasteiger partial charge in [-0.15, -0.1) is 0 Å². The van der Waals surface area contributed by atoms with E-state index in [1.54, 1.807) is 6.92 Å². The van der Waals surface area contributed by atoms with E-state index in [1.807, 2.05) is 56.0 Å². The third kappa shape index (κ3) is 11.1. The Balaban J connectivity index is 2.22. The summed E-state index contributed by atoms with van der Waals surface area (Å²) in [6.07, 6.45) is 2.32. The van der Waals surface area contributed by atoms with E-state index in [-0.39, 0.29) is 17.7 Å². The minimum absolute atomic E-state index is 0.158. The van der Waals surface area contributed by atoms with Gasteiger partial charge in [0.25, 0.3) is 0 Å². The predicted octanol–water partition coefficient (Wildman–Crippen LogP) is 0.527. The van der Waals surface area contributed by atoms with E-state index in [4.69, 9.17) is 11.5 Å². The summed E-state index contributed by atoms with van der Waals surface area (Å²) in [6.45, 7) is 8.39. The van der Waals surface area contributed by atoms with Crippen molar-refractivity contribution >= 4 is 29.6 Å². The Morgan fingerprint density at radius 1 is 1.02 bits per heavy atom. The Kier molecular flexibility index (Phi) is 13.9. The fourth-order valence-electron chi connectivity index (χ4n) is 5.22. The number of hydrogen-bond acceptors (Lipinski definition) is 7. The summed E-state index contributed by atoms with van der Waals surface area (Å²) >= 11 is 0. The fraction of sp³-hybridized carbons (Fsp3) is 0.633. The van der Waals surface area contributed by atoms with Gasteiger partial charge in [-0.25, -0.2) is 4.79 Å². The van der Waals surface area contributed by atoms with E-state index in [2.05, 4.69) is 16.0 Å². The molecule has 1 aromatic carbocycles. The van der Waals surface area contributed by atoms with Crippen molar-refractivity contribution in [2.45, 2.75) is 96.4 Å². The lowest BCUT2D eigenvalue weighted by molar-refractivity contribution is -0.144. The first kappa shape index (κ1) is 34.7. The predicted molar refractivity (Wildman–Crippen MR) is 159 cm³/mol. The molecule has 42 heavy (non-hydrogen) atoms. The SMILES string of the molecule is CCC(C)C(NC(=O)C1CCCN1CC(Cc1ccccc1)NC(=O)C(CC(N)=O)NC(=O)C(N)CC(C)C)C(=O)O. The maximum Gasteiger partial charge on any atom is 0.326 e. The second-order valence-corrected chi connectivity index (χ2v) is 11.7. The second kappa shape index (κ2) is 16.8. The van der Waals surface area contributed by atoms with E-state index in [0.717, 1.165) is 12.0 Å². The number of amides is 4. The fourth-order valence-corrected chi connectivity index (χ4v) is 5.22. The molecule has 0 aliphatic carbocycles. The number of primary amides is 1. The van der Waals surface area contributed by atoms with Crippen molar-refractivity contribution in [2.24, 2.45) is 23.3 Å². The lowest BCUT2D eigenvalue weighted by Crippen LogP contribution is -2.57. The molecule has 12 nitrogen and oxygen atoms in total. The van der Waals surface area contributed by atoms with Crippen LogP contribution in [0.2, 0.25) is 0 Å². The van der Waals surface area contributed by atoms with Crippen LogP contribution < -0.4 is 27.4 Å². The van der Waals surface area contributed by atoms with Crippen LogP contribution in [0.5, 0.6) is 0 Å². The minimum Gasteiger partial charge on any atom is -0.480 e. The highest BCUT2D eigenvalue weighted by Gasteiger charge is 2.36. The lowest BCUT2D eigenvalue weighted by atomic mass is 9.98. The monoisotopic (exact) mass is 588 g/mol. The Labute approximate surface area is 248 Å². The zero-order valence-electron chi connectivity index (χ0n) is 25.2. The van der Waals surface area contributed by atoms with E-state index in [9.17, 15) is 29.1 Å². The maximum atomic E-state index is 13.4. The number of rotatable bonds is 17. The zero-order valence-corrected chi connectivity index (χ0v) is 25.2. The highest BCUT2D eigenvalue weighted by Crippen LogP contribution is 2.20. The number of nitrogens with two attached hydrogens (primary N) is 2. The largest absolute Gasteiger partial charge is 0.480 e. The smallest absolute Gasteiger partial charge is 0.326 e. The van der Waals surface area contributed by atoms with Gasteiger partial charge in [-0.1, -0.05) is 64.4 Å². The lowest BCUT2D eigenvalue weighted by Gasteiger charge is -2.31. The van der Waals surface area contributed by atoms with Crippen molar-refractivity contribution in [1.82, 2.24) is 20.9 Å². The van der Waals surface area contributed by atoms with E-state index in [0.29, 0.717) is 38.8 Å². The van der Waals surface area contributed by atoms with Crippen molar-refractivity contribution in [2.75, 3.05) is 13.1 Å². The molecule has 0 spiro atoms. The molecule has 8 N–H and O–H groups in total. The van der Waals surface area contributed by atoms with Gasteiger partial charge in [-0.05, 0) is 49.6 Å². The molecule has 4 amide bonds. The number of carbonyl (C=O) groups is 5. The molecule has 1 aliphatic rings. The number of carboxylic acids is 1. The summed E-state index contributed by atoms with van der Waals surface area (Å²) in [7, 11) is 0. The molecule has 0 radical (unpaired) electrons. The Morgan fingerprint density at radius 3 is 2.26 bits per heavy atom. The molecule has 0 saturated carbocycles. The molecule has 2 rings (SSSR count). The number of benzene rings is 1. The van der Waals surface area contributed by atoms with Gasteiger partial charge >= 0.3 is 5.97 Å². The summed E-state index contributed by atoms with van der Waals surface area (Å²) in [5.41, 5.74) is 12.3. The van der Waals surface area contributed by atoms with Crippen molar-refractivity contribution in [3.05, 3.63) is 35.9 Å². The molecule has 1 saturated heterocycles. The van der Waals surface area contributed by atoms with Crippen LogP contribution in [0, 0.1) is 11.8 Å². The summed E-state index contributed by atoms with van der Waals surface area (Å²) in [5.74, 6) is -3.39. The van der Waals surface area contributed by atoms with Crippen LogP contribution >= 0.6 is 0 Å². The minimum atomic E-state index is -1.21. The third-order valence-electron chi connectivity index (χ3n) is 7.67. The summed E-state index contributed by atoms with van der Waals surface area (Å²) in [6, 6.07) is 5.39. The number of aliphatic carboxylic acids is 1. The van der Waals surface area contributed by atoms with Gasteiger partial charge in [0.05, 0.1) is 18.5 Å². The normalized spacial score (nSPS) is 18.9. The number of carbonyl (C=O) groups excluding carboxylic acids is 4. The van der Waals surface area contributed by atoms with Gasteiger partial charge in [0.1, 0.15) is 12.1 Å². The molecule has 1 fully saturated rings. The summed E-state index contributed by atoms with van der Waals surface area (Å²) in [4.78, 5) is 64.9. The highest BCUT2D eigenvalue weighted by molar-refractivity contribution is 5.93. The van der Waals surface area contributed by atoms with Crippen molar-refractivity contribution in [3.8, 4) is 0 Å². The molecule has 6 unspecified atom stereocenters. The Morgan fingerprint density at radius 2 is 1.69 bits per heavy atom. The number of nitrogens with zero attached hydrogens (tertiary/aromatic N) is 1. The molecule has 234 valence electrons. The maximum absolute atomic E-state index is 13.4. The molecule has 0 bridgehead atoms. The average Bonchev–Trinajstić information content (AvgIpc) is 3.38. The van der Waals surface area contributed by atoms with Gasteiger partial charge in [-0.2, -0.15) is 0 Å². The van der Waals surface area contributed by atoms with Crippen LogP contribution in [0.4, 0.5) is 0 Å². The molecule has 12 heteroatoms. The molecular formula is C30H48N6O6. The quantitative estimate of drug-likeness (QED) is 0.151. The summed E-state index contributed by atoms with van der Waals surface area (Å²) < 4.78 is 0. The van der Waals surface area contributed by atoms with Gasteiger partial charge in [0.2, 0.25) is 23.6 Å². The second-order valence-electron chi connectivity index (χ2n) is 11.7. The van der Waals surface area contributed by atoms with Crippen LogP contribution in [0.15, 0.2) is 30.3 Å². The molecule has 6 atom stereocenters.